The highest BCUT2D eigenvalue weighted by molar-refractivity contribution is 5.96. The molecule has 0 aromatic heterocycles. The lowest BCUT2D eigenvalue weighted by atomic mass is 10.0. The number of rotatable bonds is 5. The zero-order chi connectivity index (χ0) is 13.7. The van der Waals surface area contributed by atoms with E-state index in [1.807, 2.05) is 19.1 Å². The first-order chi connectivity index (χ1) is 9.16. The Balaban J connectivity index is 2.00. The molecule has 0 saturated heterocycles. The lowest BCUT2D eigenvalue weighted by Crippen LogP contribution is -2.14. The van der Waals surface area contributed by atoms with E-state index < -0.39 is 0 Å². The standard InChI is InChI=1S/C15H21NO3/c1-11(16)4-2-5-13(17)12-6-7-14-15(10-12)19-9-3-8-18-14/h6-7,10-11H,2-5,8-9,16H2,1H3. The van der Waals surface area contributed by atoms with Crippen molar-refractivity contribution >= 4 is 5.78 Å². The molecule has 1 aromatic rings. The van der Waals surface area contributed by atoms with Crippen LogP contribution in [0.5, 0.6) is 11.5 Å². The van der Waals surface area contributed by atoms with E-state index in [4.69, 9.17) is 15.2 Å². The average molecular weight is 263 g/mol. The molecule has 0 saturated carbocycles. The summed E-state index contributed by atoms with van der Waals surface area (Å²) in [6.07, 6.45) is 3.09. The van der Waals surface area contributed by atoms with Gasteiger partial charge in [0.15, 0.2) is 17.3 Å². The van der Waals surface area contributed by atoms with Gasteiger partial charge in [-0.3, -0.25) is 4.79 Å². The van der Waals surface area contributed by atoms with Crippen LogP contribution in [0.3, 0.4) is 0 Å². The van der Waals surface area contributed by atoms with Crippen molar-refractivity contribution in [1.82, 2.24) is 0 Å². The number of fused-ring (bicyclic) bond motifs is 1. The summed E-state index contributed by atoms with van der Waals surface area (Å²) in [6, 6.07) is 5.56. The first-order valence-corrected chi connectivity index (χ1v) is 6.85. The quantitative estimate of drug-likeness (QED) is 0.829. The minimum Gasteiger partial charge on any atom is -0.490 e. The Morgan fingerprint density at radius 2 is 2.05 bits per heavy atom. The molecule has 0 radical (unpaired) electrons. The third kappa shape index (κ3) is 3.96. The Hall–Kier alpha value is -1.55. The van der Waals surface area contributed by atoms with Gasteiger partial charge in [-0.25, -0.2) is 0 Å². The molecule has 19 heavy (non-hydrogen) atoms. The SMILES string of the molecule is CC(N)CCCC(=O)c1ccc2c(c1)OCCCO2. The van der Waals surface area contributed by atoms with Crippen LogP contribution in [0.2, 0.25) is 0 Å². The fourth-order valence-electron chi connectivity index (χ4n) is 2.07. The highest BCUT2D eigenvalue weighted by atomic mass is 16.5. The van der Waals surface area contributed by atoms with Crippen LogP contribution in [0.25, 0.3) is 0 Å². The number of hydrogen-bond acceptors (Lipinski definition) is 4. The molecule has 0 amide bonds. The molecule has 4 heteroatoms. The molecule has 0 bridgehead atoms. The molecular formula is C15H21NO3. The van der Waals surface area contributed by atoms with Gasteiger partial charge < -0.3 is 15.2 Å². The van der Waals surface area contributed by atoms with Crippen molar-refractivity contribution in [1.29, 1.82) is 0 Å². The first kappa shape index (κ1) is 13.9. The number of benzene rings is 1. The van der Waals surface area contributed by atoms with Gasteiger partial charge in [0.1, 0.15) is 0 Å². The number of carbonyl (C=O) groups excluding carboxylic acids is 1. The molecule has 0 aliphatic carbocycles. The fourth-order valence-corrected chi connectivity index (χ4v) is 2.07. The van der Waals surface area contributed by atoms with E-state index in [9.17, 15) is 4.79 Å². The lowest BCUT2D eigenvalue weighted by molar-refractivity contribution is 0.0978. The highest BCUT2D eigenvalue weighted by Crippen LogP contribution is 2.30. The van der Waals surface area contributed by atoms with Crippen LogP contribution in [-0.4, -0.2) is 25.0 Å². The first-order valence-electron chi connectivity index (χ1n) is 6.85. The topological polar surface area (TPSA) is 61.6 Å². The van der Waals surface area contributed by atoms with Crippen molar-refractivity contribution in [3.05, 3.63) is 23.8 Å². The lowest BCUT2D eigenvalue weighted by Gasteiger charge is -2.09. The summed E-state index contributed by atoms with van der Waals surface area (Å²) in [5, 5.41) is 0. The molecule has 0 fully saturated rings. The van der Waals surface area contributed by atoms with Crippen LogP contribution in [0.15, 0.2) is 18.2 Å². The maximum Gasteiger partial charge on any atom is 0.163 e. The van der Waals surface area contributed by atoms with Crippen LogP contribution in [0.1, 0.15) is 43.0 Å². The molecule has 4 nitrogen and oxygen atoms in total. The summed E-state index contributed by atoms with van der Waals surface area (Å²) in [4.78, 5) is 12.1. The van der Waals surface area contributed by atoms with E-state index in [-0.39, 0.29) is 11.8 Å². The largest absolute Gasteiger partial charge is 0.490 e. The van der Waals surface area contributed by atoms with Crippen LogP contribution < -0.4 is 15.2 Å². The van der Waals surface area contributed by atoms with E-state index in [2.05, 4.69) is 0 Å². The second kappa shape index (κ2) is 6.57. The van der Waals surface area contributed by atoms with Crippen LogP contribution in [0, 0.1) is 0 Å². The molecule has 2 rings (SSSR count). The molecule has 1 aliphatic rings. The van der Waals surface area contributed by atoms with Gasteiger partial charge in [0.2, 0.25) is 0 Å². The Bertz CT molecular complexity index is 443. The van der Waals surface area contributed by atoms with Gasteiger partial charge in [0.05, 0.1) is 13.2 Å². The molecule has 1 aliphatic heterocycles. The Labute approximate surface area is 113 Å². The molecule has 1 aromatic carbocycles. The maximum absolute atomic E-state index is 12.1. The predicted octanol–water partition coefficient (Wildman–Crippen LogP) is 2.55. The highest BCUT2D eigenvalue weighted by Gasteiger charge is 2.14. The molecule has 0 spiro atoms. The van der Waals surface area contributed by atoms with E-state index in [1.54, 1.807) is 6.07 Å². The number of Topliss-reactive ketones (excluding diaryl/α,β-unsaturated/α-hetero) is 1. The molecular weight excluding hydrogens is 242 g/mol. The van der Waals surface area contributed by atoms with Crippen molar-refractivity contribution in [2.75, 3.05) is 13.2 Å². The summed E-state index contributed by atoms with van der Waals surface area (Å²) in [7, 11) is 0. The summed E-state index contributed by atoms with van der Waals surface area (Å²) in [5.74, 6) is 1.54. The van der Waals surface area contributed by atoms with Gasteiger partial charge in [-0.15, -0.1) is 0 Å². The summed E-state index contributed by atoms with van der Waals surface area (Å²) in [6.45, 7) is 3.25. The monoisotopic (exact) mass is 263 g/mol. The van der Waals surface area contributed by atoms with Crippen molar-refractivity contribution in [2.24, 2.45) is 5.73 Å². The Morgan fingerprint density at radius 1 is 1.32 bits per heavy atom. The second-order valence-electron chi connectivity index (χ2n) is 5.00. The van der Waals surface area contributed by atoms with Gasteiger partial charge in [0.25, 0.3) is 0 Å². The number of ether oxygens (including phenoxy) is 2. The number of nitrogens with two attached hydrogens (primary N) is 1. The van der Waals surface area contributed by atoms with Crippen molar-refractivity contribution in [3.63, 3.8) is 0 Å². The predicted molar refractivity (Wildman–Crippen MR) is 73.9 cm³/mol. The number of hydrogen-bond donors (Lipinski definition) is 1. The minimum atomic E-state index is 0.135. The molecule has 1 heterocycles. The van der Waals surface area contributed by atoms with Crippen LogP contribution in [0.4, 0.5) is 0 Å². The van der Waals surface area contributed by atoms with E-state index in [0.29, 0.717) is 30.9 Å². The van der Waals surface area contributed by atoms with Crippen molar-refractivity contribution in [2.45, 2.75) is 38.6 Å². The average Bonchev–Trinajstić information content (AvgIpc) is 2.62. The van der Waals surface area contributed by atoms with Gasteiger partial charge in [-0.2, -0.15) is 0 Å². The minimum absolute atomic E-state index is 0.135. The van der Waals surface area contributed by atoms with Gasteiger partial charge in [-0.05, 0) is 38.0 Å². The van der Waals surface area contributed by atoms with Gasteiger partial charge in [0, 0.05) is 24.4 Å². The third-order valence-electron chi connectivity index (χ3n) is 3.13. The van der Waals surface area contributed by atoms with E-state index >= 15 is 0 Å². The van der Waals surface area contributed by atoms with E-state index in [1.165, 1.54) is 0 Å². The van der Waals surface area contributed by atoms with E-state index in [0.717, 1.165) is 25.0 Å². The molecule has 1 atom stereocenters. The van der Waals surface area contributed by atoms with Crippen molar-refractivity contribution in [3.8, 4) is 11.5 Å². The summed E-state index contributed by atoms with van der Waals surface area (Å²) >= 11 is 0. The molecule has 2 N–H and O–H groups in total. The number of carbonyl (C=O) groups is 1. The molecule has 1 unspecified atom stereocenters. The van der Waals surface area contributed by atoms with Gasteiger partial charge >= 0.3 is 0 Å². The van der Waals surface area contributed by atoms with Crippen LogP contribution >= 0.6 is 0 Å². The maximum atomic E-state index is 12.1. The second-order valence-corrected chi connectivity index (χ2v) is 5.00. The summed E-state index contributed by atoms with van der Waals surface area (Å²) in [5.41, 5.74) is 6.37. The molecule has 104 valence electrons. The van der Waals surface area contributed by atoms with Gasteiger partial charge in [-0.1, -0.05) is 0 Å². The zero-order valence-corrected chi connectivity index (χ0v) is 11.4. The normalized spacial score (nSPS) is 15.7. The zero-order valence-electron chi connectivity index (χ0n) is 11.4. The van der Waals surface area contributed by atoms with Crippen LogP contribution in [-0.2, 0) is 0 Å². The Morgan fingerprint density at radius 3 is 2.79 bits per heavy atom. The smallest absolute Gasteiger partial charge is 0.163 e. The number of ketones is 1. The Kier molecular flexibility index (Phi) is 4.80. The van der Waals surface area contributed by atoms with Crippen molar-refractivity contribution < 1.29 is 14.3 Å². The fraction of sp³-hybridized carbons (Fsp3) is 0.533. The summed E-state index contributed by atoms with van der Waals surface area (Å²) < 4.78 is 11.1. The third-order valence-corrected chi connectivity index (χ3v) is 3.13.